The number of anilines is 2. The van der Waals surface area contributed by atoms with Gasteiger partial charge in [0, 0.05) is 17.1 Å². The molecule has 21 heavy (non-hydrogen) atoms. The summed E-state index contributed by atoms with van der Waals surface area (Å²) in [6.07, 6.45) is 1.48. The van der Waals surface area contributed by atoms with E-state index in [2.05, 4.69) is 15.3 Å². The van der Waals surface area contributed by atoms with Crippen LogP contribution in [0.2, 0.25) is 0 Å². The molecule has 5 nitrogen and oxygen atoms in total. The van der Waals surface area contributed by atoms with E-state index in [1.54, 1.807) is 12.1 Å². The first-order chi connectivity index (χ1) is 10.2. The second-order valence-corrected chi connectivity index (χ2v) is 4.75. The second kappa shape index (κ2) is 5.28. The highest BCUT2D eigenvalue weighted by atomic mass is 16.5. The van der Waals surface area contributed by atoms with Gasteiger partial charge < -0.3 is 15.2 Å². The molecule has 0 aliphatic carbocycles. The predicted molar refractivity (Wildman–Crippen MR) is 82.2 cm³/mol. The lowest BCUT2D eigenvalue weighted by atomic mass is 10.2. The van der Waals surface area contributed by atoms with Crippen LogP contribution in [0.5, 0.6) is 11.5 Å². The fraction of sp³-hybridized carbons (Fsp3) is 0.125. The summed E-state index contributed by atoms with van der Waals surface area (Å²) < 4.78 is 5.09. The van der Waals surface area contributed by atoms with Crippen LogP contribution in [0.15, 0.2) is 42.7 Å². The largest absolute Gasteiger partial charge is 0.504 e. The van der Waals surface area contributed by atoms with Crippen molar-refractivity contribution < 1.29 is 9.84 Å². The molecule has 1 heterocycles. The molecule has 0 saturated carbocycles. The standard InChI is InChI=1S/C16H15N3O2/c1-10-3-5-11(6-4-10)19-16-12-7-14(20)15(21-2)8-13(12)17-9-18-16/h3-9,20H,1-2H3,(H,17,18,19). The first-order valence-corrected chi connectivity index (χ1v) is 6.53. The van der Waals surface area contributed by atoms with Crippen molar-refractivity contribution >= 4 is 22.4 Å². The van der Waals surface area contributed by atoms with E-state index in [1.807, 2.05) is 31.2 Å². The first-order valence-electron chi connectivity index (χ1n) is 6.53. The molecule has 0 aliphatic heterocycles. The molecule has 0 saturated heterocycles. The van der Waals surface area contributed by atoms with Crippen molar-refractivity contribution in [2.24, 2.45) is 0 Å². The summed E-state index contributed by atoms with van der Waals surface area (Å²) in [5.41, 5.74) is 2.82. The van der Waals surface area contributed by atoms with Gasteiger partial charge in [0.05, 0.1) is 12.6 Å². The lowest BCUT2D eigenvalue weighted by Crippen LogP contribution is -1.96. The number of nitrogens with one attached hydrogen (secondary N) is 1. The van der Waals surface area contributed by atoms with Crippen LogP contribution in [0.4, 0.5) is 11.5 Å². The number of hydrogen-bond acceptors (Lipinski definition) is 5. The molecule has 3 aromatic rings. The topological polar surface area (TPSA) is 67.3 Å². The van der Waals surface area contributed by atoms with Gasteiger partial charge in [-0.25, -0.2) is 9.97 Å². The molecular weight excluding hydrogens is 266 g/mol. The van der Waals surface area contributed by atoms with Gasteiger partial charge in [-0.1, -0.05) is 17.7 Å². The third kappa shape index (κ3) is 2.58. The molecule has 1 aromatic heterocycles. The lowest BCUT2D eigenvalue weighted by Gasteiger charge is -2.10. The van der Waals surface area contributed by atoms with Crippen molar-refractivity contribution in [3.63, 3.8) is 0 Å². The first kappa shape index (κ1) is 13.2. The molecule has 0 atom stereocenters. The van der Waals surface area contributed by atoms with Crippen LogP contribution >= 0.6 is 0 Å². The minimum atomic E-state index is 0.0618. The van der Waals surface area contributed by atoms with Crippen LogP contribution in [-0.4, -0.2) is 22.2 Å². The maximum atomic E-state index is 9.93. The van der Waals surface area contributed by atoms with Crippen LogP contribution in [0.1, 0.15) is 5.56 Å². The highest BCUT2D eigenvalue weighted by Crippen LogP contribution is 2.33. The van der Waals surface area contributed by atoms with E-state index >= 15 is 0 Å². The molecule has 106 valence electrons. The van der Waals surface area contributed by atoms with Gasteiger partial charge in [0.2, 0.25) is 0 Å². The van der Waals surface area contributed by atoms with Crippen LogP contribution in [0.3, 0.4) is 0 Å². The maximum Gasteiger partial charge on any atom is 0.162 e. The Morgan fingerprint density at radius 3 is 2.57 bits per heavy atom. The fourth-order valence-electron chi connectivity index (χ4n) is 2.11. The van der Waals surface area contributed by atoms with Crippen molar-refractivity contribution in [2.75, 3.05) is 12.4 Å². The van der Waals surface area contributed by atoms with Crippen molar-refractivity contribution in [1.29, 1.82) is 0 Å². The molecule has 2 N–H and O–H groups in total. The van der Waals surface area contributed by atoms with Gasteiger partial charge in [-0.2, -0.15) is 0 Å². The molecule has 0 fully saturated rings. The van der Waals surface area contributed by atoms with Crippen LogP contribution in [0, 0.1) is 6.92 Å². The molecule has 3 rings (SSSR count). The summed E-state index contributed by atoms with van der Waals surface area (Å²) in [5.74, 6) is 1.09. The minimum Gasteiger partial charge on any atom is -0.504 e. The van der Waals surface area contributed by atoms with Gasteiger partial charge in [-0.3, -0.25) is 0 Å². The van der Waals surface area contributed by atoms with E-state index < -0.39 is 0 Å². The zero-order valence-corrected chi connectivity index (χ0v) is 11.8. The van der Waals surface area contributed by atoms with E-state index in [-0.39, 0.29) is 5.75 Å². The smallest absolute Gasteiger partial charge is 0.162 e. The number of nitrogens with zero attached hydrogens (tertiary/aromatic N) is 2. The summed E-state index contributed by atoms with van der Waals surface area (Å²) in [5, 5.41) is 13.9. The number of methoxy groups -OCH3 is 1. The Morgan fingerprint density at radius 1 is 1.10 bits per heavy atom. The Morgan fingerprint density at radius 2 is 1.86 bits per heavy atom. The third-order valence-electron chi connectivity index (χ3n) is 3.25. The van der Waals surface area contributed by atoms with Gasteiger partial charge in [0.15, 0.2) is 11.5 Å². The SMILES string of the molecule is COc1cc2ncnc(Nc3ccc(C)cc3)c2cc1O. The molecule has 5 heteroatoms. The number of fused-ring (bicyclic) bond motifs is 1. The van der Waals surface area contributed by atoms with Crippen molar-refractivity contribution in [3.05, 3.63) is 48.3 Å². The minimum absolute atomic E-state index is 0.0618. The summed E-state index contributed by atoms with van der Waals surface area (Å²) in [6, 6.07) is 11.3. The Bertz CT molecular complexity index is 785. The van der Waals surface area contributed by atoms with E-state index in [0.29, 0.717) is 17.1 Å². The predicted octanol–water partition coefficient (Wildman–Crippen LogP) is 3.40. The second-order valence-electron chi connectivity index (χ2n) is 4.75. The number of phenolic OH excluding ortho intramolecular Hbond substituents is 1. The molecule has 0 bridgehead atoms. The normalized spacial score (nSPS) is 10.6. The summed E-state index contributed by atoms with van der Waals surface area (Å²) in [6.45, 7) is 2.04. The van der Waals surface area contributed by atoms with E-state index in [1.165, 1.54) is 19.0 Å². The number of benzene rings is 2. The van der Waals surface area contributed by atoms with Gasteiger partial charge >= 0.3 is 0 Å². The zero-order chi connectivity index (χ0) is 14.8. The van der Waals surface area contributed by atoms with Gasteiger partial charge in [0.1, 0.15) is 12.1 Å². The van der Waals surface area contributed by atoms with Gasteiger partial charge in [0.25, 0.3) is 0 Å². The van der Waals surface area contributed by atoms with Crippen LogP contribution in [0.25, 0.3) is 10.9 Å². The van der Waals surface area contributed by atoms with Crippen molar-refractivity contribution in [1.82, 2.24) is 9.97 Å². The average molecular weight is 281 g/mol. The monoisotopic (exact) mass is 281 g/mol. The summed E-state index contributed by atoms with van der Waals surface area (Å²) in [7, 11) is 1.51. The van der Waals surface area contributed by atoms with Crippen LogP contribution < -0.4 is 10.1 Å². The van der Waals surface area contributed by atoms with Gasteiger partial charge in [-0.05, 0) is 25.1 Å². The average Bonchev–Trinajstić information content (AvgIpc) is 2.49. The molecule has 0 radical (unpaired) electrons. The molecule has 0 spiro atoms. The Balaban J connectivity index is 2.06. The Labute approximate surface area is 122 Å². The van der Waals surface area contributed by atoms with E-state index in [9.17, 15) is 5.11 Å². The Hall–Kier alpha value is -2.82. The fourth-order valence-corrected chi connectivity index (χ4v) is 2.11. The number of aryl methyl sites for hydroxylation is 1. The molecule has 0 unspecified atom stereocenters. The van der Waals surface area contributed by atoms with Crippen LogP contribution in [-0.2, 0) is 0 Å². The van der Waals surface area contributed by atoms with Gasteiger partial charge in [-0.15, -0.1) is 0 Å². The molecule has 0 amide bonds. The van der Waals surface area contributed by atoms with Crippen molar-refractivity contribution in [3.8, 4) is 11.5 Å². The highest BCUT2D eigenvalue weighted by molar-refractivity contribution is 5.92. The van der Waals surface area contributed by atoms with Crippen molar-refractivity contribution in [2.45, 2.75) is 6.92 Å². The highest BCUT2D eigenvalue weighted by Gasteiger charge is 2.09. The number of rotatable bonds is 3. The number of aromatic nitrogens is 2. The number of phenols is 1. The maximum absolute atomic E-state index is 9.93. The molecule has 2 aromatic carbocycles. The molecular formula is C16H15N3O2. The number of ether oxygens (including phenoxy) is 1. The van der Waals surface area contributed by atoms with E-state index in [0.717, 1.165) is 11.1 Å². The number of hydrogen-bond donors (Lipinski definition) is 2. The lowest BCUT2D eigenvalue weighted by molar-refractivity contribution is 0.374. The summed E-state index contributed by atoms with van der Waals surface area (Å²) in [4.78, 5) is 8.45. The van der Waals surface area contributed by atoms with E-state index in [4.69, 9.17) is 4.74 Å². The Kier molecular flexibility index (Phi) is 3.31. The molecule has 0 aliphatic rings. The number of aromatic hydroxyl groups is 1. The quantitative estimate of drug-likeness (QED) is 0.770. The zero-order valence-electron chi connectivity index (χ0n) is 11.8. The summed E-state index contributed by atoms with van der Waals surface area (Å²) >= 11 is 0. The third-order valence-corrected chi connectivity index (χ3v) is 3.25.